The van der Waals surface area contributed by atoms with Gasteiger partial charge in [0, 0.05) is 12.8 Å². The Morgan fingerprint density at radius 3 is 3.26 bits per heavy atom. The summed E-state index contributed by atoms with van der Waals surface area (Å²) in [6, 6.07) is 3.45. The monoisotopic (exact) mass is 260 g/mol. The number of aliphatic hydroxyl groups is 1. The number of hydrogen-bond donors (Lipinski definition) is 2. The number of aromatic nitrogens is 1. The number of ether oxygens (including phenoxy) is 1. The summed E-state index contributed by atoms with van der Waals surface area (Å²) < 4.78 is 5.32. The normalized spacial score (nSPS) is 18.3. The molecule has 1 amide bonds. The largest absolute Gasteiger partial charge is 0.384 e. The number of rotatable bonds is 2. The van der Waals surface area contributed by atoms with Crippen LogP contribution in [-0.4, -0.2) is 41.9 Å². The van der Waals surface area contributed by atoms with E-state index in [1.54, 1.807) is 18.3 Å². The van der Waals surface area contributed by atoms with Gasteiger partial charge >= 0.3 is 0 Å². The highest BCUT2D eigenvalue weighted by Gasteiger charge is 2.19. The fraction of sp³-hybridized carbons (Fsp3) is 0.429. The Morgan fingerprint density at radius 2 is 2.53 bits per heavy atom. The van der Waals surface area contributed by atoms with Gasteiger partial charge in [-0.2, -0.15) is 0 Å². The number of carbonyl (C=O) groups is 1. The SMILES string of the molecule is O=C(NC1CCCOC1)c1ncccc1C#CCO. The van der Waals surface area contributed by atoms with Crippen LogP contribution >= 0.6 is 0 Å². The van der Waals surface area contributed by atoms with Crippen molar-refractivity contribution >= 4 is 5.91 Å². The zero-order valence-electron chi connectivity index (χ0n) is 10.6. The Balaban J connectivity index is 2.09. The molecule has 1 atom stereocenters. The highest BCUT2D eigenvalue weighted by atomic mass is 16.5. The molecule has 2 rings (SSSR count). The van der Waals surface area contributed by atoms with Gasteiger partial charge in [0.2, 0.25) is 0 Å². The van der Waals surface area contributed by atoms with Crippen molar-refractivity contribution in [2.75, 3.05) is 19.8 Å². The van der Waals surface area contributed by atoms with Gasteiger partial charge in [0.05, 0.1) is 18.2 Å². The summed E-state index contributed by atoms with van der Waals surface area (Å²) in [6.45, 7) is 1.05. The molecular weight excluding hydrogens is 244 g/mol. The Bertz CT molecular complexity index is 499. The maximum Gasteiger partial charge on any atom is 0.271 e. The molecule has 1 aromatic heterocycles. The zero-order valence-corrected chi connectivity index (χ0v) is 10.6. The van der Waals surface area contributed by atoms with E-state index >= 15 is 0 Å². The molecule has 1 fully saturated rings. The minimum atomic E-state index is -0.252. The van der Waals surface area contributed by atoms with Crippen LogP contribution in [0.1, 0.15) is 28.9 Å². The van der Waals surface area contributed by atoms with Gasteiger partial charge in [-0.1, -0.05) is 11.8 Å². The average Bonchev–Trinajstić information content (AvgIpc) is 2.46. The molecule has 0 aliphatic carbocycles. The van der Waals surface area contributed by atoms with Gasteiger partial charge in [0.15, 0.2) is 0 Å². The molecule has 0 saturated carbocycles. The van der Waals surface area contributed by atoms with Gasteiger partial charge < -0.3 is 15.2 Å². The smallest absolute Gasteiger partial charge is 0.271 e. The third-order valence-electron chi connectivity index (χ3n) is 2.82. The fourth-order valence-electron chi connectivity index (χ4n) is 1.93. The van der Waals surface area contributed by atoms with E-state index in [1.807, 2.05) is 0 Å². The molecule has 1 saturated heterocycles. The topological polar surface area (TPSA) is 71.5 Å². The summed E-state index contributed by atoms with van der Waals surface area (Å²) in [6.07, 6.45) is 3.41. The lowest BCUT2D eigenvalue weighted by Gasteiger charge is -2.23. The Morgan fingerprint density at radius 1 is 1.63 bits per heavy atom. The summed E-state index contributed by atoms with van der Waals surface area (Å²) in [5.41, 5.74) is 0.805. The molecule has 100 valence electrons. The summed E-state index contributed by atoms with van der Waals surface area (Å²) in [5, 5.41) is 11.6. The molecule has 0 bridgehead atoms. The van der Waals surface area contributed by atoms with E-state index in [4.69, 9.17) is 9.84 Å². The number of hydrogen-bond acceptors (Lipinski definition) is 4. The zero-order chi connectivity index (χ0) is 13.5. The Hall–Kier alpha value is -1.90. The van der Waals surface area contributed by atoms with Gasteiger partial charge in [-0.25, -0.2) is 4.98 Å². The lowest BCUT2D eigenvalue weighted by atomic mass is 10.1. The maximum atomic E-state index is 12.1. The van der Waals surface area contributed by atoms with Crippen molar-refractivity contribution in [3.63, 3.8) is 0 Å². The van der Waals surface area contributed by atoms with Gasteiger partial charge in [-0.05, 0) is 25.0 Å². The predicted octanol–water partition coefficient (Wildman–Crippen LogP) is 0.334. The standard InChI is InChI=1S/C14H16N2O3/c17-8-2-5-11-4-1-7-15-13(11)14(18)16-12-6-3-9-19-10-12/h1,4,7,12,17H,3,6,8-10H2,(H,16,18). The molecule has 5 heteroatoms. The lowest BCUT2D eigenvalue weighted by Crippen LogP contribution is -2.41. The summed E-state index contributed by atoms with van der Waals surface area (Å²) >= 11 is 0. The highest BCUT2D eigenvalue weighted by Crippen LogP contribution is 2.08. The van der Waals surface area contributed by atoms with E-state index in [9.17, 15) is 4.79 Å². The van der Waals surface area contributed by atoms with Gasteiger partial charge in [0.25, 0.3) is 5.91 Å². The Kier molecular flexibility index (Phi) is 4.90. The first-order valence-corrected chi connectivity index (χ1v) is 6.24. The summed E-state index contributed by atoms with van der Waals surface area (Å²) in [7, 11) is 0. The molecule has 0 radical (unpaired) electrons. The summed E-state index contributed by atoms with van der Waals surface area (Å²) in [4.78, 5) is 16.2. The molecule has 1 aromatic rings. The minimum absolute atomic E-state index is 0.0295. The van der Waals surface area contributed by atoms with E-state index in [0.717, 1.165) is 19.4 Å². The number of carbonyl (C=O) groups excluding carboxylic acids is 1. The quantitative estimate of drug-likeness (QED) is 0.752. The molecule has 2 N–H and O–H groups in total. The molecule has 1 aliphatic rings. The van der Waals surface area contributed by atoms with Crippen LogP contribution < -0.4 is 5.32 Å². The van der Waals surface area contributed by atoms with Crippen molar-refractivity contribution < 1.29 is 14.6 Å². The second kappa shape index (κ2) is 6.88. The van der Waals surface area contributed by atoms with Crippen LogP contribution in [-0.2, 0) is 4.74 Å². The molecule has 19 heavy (non-hydrogen) atoms. The first-order valence-electron chi connectivity index (χ1n) is 6.24. The van der Waals surface area contributed by atoms with Crippen LogP contribution in [0.15, 0.2) is 18.3 Å². The third-order valence-corrected chi connectivity index (χ3v) is 2.82. The molecule has 0 spiro atoms. The van der Waals surface area contributed by atoms with Crippen molar-refractivity contribution in [3.8, 4) is 11.8 Å². The third kappa shape index (κ3) is 3.78. The second-order valence-corrected chi connectivity index (χ2v) is 4.25. The number of aliphatic hydroxyl groups excluding tert-OH is 1. The van der Waals surface area contributed by atoms with E-state index < -0.39 is 0 Å². The van der Waals surface area contributed by atoms with Gasteiger partial charge in [-0.3, -0.25) is 4.79 Å². The molecule has 1 unspecified atom stereocenters. The van der Waals surface area contributed by atoms with Crippen molar-refractivity contribution in [2.24, 2.45) is 0 Å². The molecule has 0 aromatic carbocycles. The van der Waals surface area contributed by atoms with Crippen LogP contribution in [0, 0.1) is 11.8 Å². The van der Waals surface area contributed by atoms with Crippen LogP contribution in [0.3, 0.4) is 0 Å². The van der Waals surface area contributed by atoms with Crippen molar-refractivity contribution in [3.05, 3.63) is 29.6 Å². The number of nitrogens with zero attached hydrogens (tertiary/aromatic N) is 1. The van der Waals surface area contributed by atoms with Gasteiger partial charge in [0.1, 0.15) is 12.3 Å². The minimum Gasteiger partial charge on any atom is -0.384 e. The first kappa shape index (κ1) is 13.5. The second-order valence-electron chi connectivity index (χ2n) is 4.25. The first-order chi connectivity index (χ1) is 9.31. The number of amides is 1. The fourth-order valence-corrected chi connectivity index (χ4v) is 1.93. The van der Waals surface area contributed by atoms with Crippen molar-refractivity contribution in [1.82, 2.24) is 10.3 Å². The molecular formula is C14H16N2O3. The summed E-state index contributed by atoms with van der Waals surface area (Å²) in [5.74, 6) is 5.00. The predicted molar refractivity (Wildman–Crippen MR) is 69.5 cm³/mol. The van der Waals surface area contributed by atoms with Crippen LogP contribution in [0.25, 0.3) is 0 Å². The average molecular weight is 260 g/mol. The number of pyridine rings is 1. The van der Waals surface area contributed by atoms with E-state index in [0.29, 0.717) is 12.2 Å². The lowest BCUT2D eigenvalue weighted by molar-refractivity contribution is 0.0622. The van der Waals surface area contributed by atoms with Crippen molar-refractivity contribution in [1.29, 1.82) is 0 Å². The van der Waals surface area contributed by atoms with E-state index in [-0.39, 0.29) is 24.2 Å². The maximum absolute atomic E-state index is 12.1. The molecule has 2 heterocycles. The van der Waals surface area contributed by atoms with E-state index in [1.165, 1.54) is 0 Å². The van der Waals surface area contributed by atoms with Crippen molar-refractivity contribution in [2.45, 2.75) is 18.9 Å². The van der Waals surface area contributed by atoms with Crippen LogP contribution in [0.4, 0.5) is 0 Å². The van der Waals surface area contributed by atoms with Crippen LogP contribution in [0.2, 0.25) is 0 Å². The number of nitrogens with one attached hydrogen (secondary N) is 1. The Labute approximate surface area is 112 Å². The van der Waals surface area contributed by atoms with E-state index in [2.05, 4.69) is 22.1 Å². The molecule has 5 nitrogen and oxygen atoms in total. The molecule has 1 aliphatic heterocycles. The van der Waals surface area contributed by atoms with Crippen LogP contribution in [0.5, 0.6) is 0 Å². The highest BCUT2D eigenvalue weighted by molar-refractivity contribution is 5.94. The van der Waals surface area contributed by atoms with Gasteiger partial charge in [-0.15, -0.1) is 0 Å².